The average molecular weight is 320 g/mol. The van der Waals surface area contributed by atoms with Crippen molar-refractivity contribution in [2.75, 3.05) is 40.0 Å². The number of piperidine rings is 1. The Kier molecular flexibility index (Phi) is 7.52. The van der Waals surface area contributed by atoms with Crippen molar-refractivity contribution in [1.82, 2.24) is 10.2 Å². The van der Waals surface area contributed by atoms with Gasteiger partial charge in [0.2, 0.25) is 0 Å². The predicted octanol–water partition coefficient (Wildman–Crippen LogP) is 2.06. The van der Waals surface area contributed by atoms with Crippen LogP contribution in [0.1, 0.15) is 35.7 Å². The summed E-state index contributed by atoms with van der Waals surface area (Å²) in [6.45, 7) is 7.04. The quantitative estimate of drug-likeness (QED) is 0.797. The minimum absolute atomic E-state index is 0.0169. The van der Waals surface area contributed by atoms with E-state index in [-0.39, 0.29) is 11.9 Å². The number of likely N-dealkylation sites (tertiary alicyclic amines) is 1. The van der Waals surface area contributed by atoms with E-state index in [9.17, 15) is 4.79 Å². The van der Waals surface area contributed by atoms with Crippen molar-refractivity contribution in [3.63, 3.8) is 0 Å². The van der Waals surface area contributed by atoms with Gasteiger partial charge in [-0.3, -0.25) is 4.79 Å². The molecule has 1 amide bonds. The minimum Gasteiger partial charge on any atom is -0.383 e. The second-order valence-electron chi connectivity index (χ2n) is 5.92. The highest BCUT2D eigenvalue weighted by Gasteiger charge is 2.20. The molecule has 1 aliphatic rings. The Hall–Kier alpha value is -1.43. The van der Waals surface area contributed by atoms with Gasteiger partial charge in [-0.1, -0.05) is 12.1 Å². The van der Waals surface area contributed by atoms with Crippen molar-refractivity contribution in [2.24, 2.45) is 0 Å². The maximum atomic E-state index is 12.3. The SMILES string of the molecule is CCOCc1ccc(C(=O)NC2CCN(CCOC)CC2)cc1. The molecule has 1 aromatic rings. The van der Waals surface area contributed by atoms with Crippen LogP contribution in [0.5, 0.6) is 0 Å². The molecule has 0 saturated carbocycles. The monoisotopic (exact) mass is 320 g/mol. The summed E-state index contributed by atoms with van der Waals surface area (Å²) in [7, 11) is 1.73. The van der Waals surface area contributed by atoms with Gasteiger partial charge in [-0.05, 0) is 37.5 Å². The Morgan fingerprint density at radius 1 is 1.26 bits per heavy atom. The maximum absolute atomic E-state index is 12.3. The maximum Gasteiger partial charge on any atom is 0.251 e. The van der Waals surface area contributed by atoms with Crippen LogP contribution in [0.2, 0.25) is 0 Å². The smallest absolute Gasteiger partial charge is 0.251 e. The third-order valence-corrected chi connectivity index (χ3v) is 4.22. The van der Waals surface area contributed by atoms with Gasteiger partial charge in [-0.2, -0.15) is 0 Å². The normalized spacial score (nSPS) is 16.4. The van der Waals surface area contributed by atoms with Crippen molar-refractivity contribution in [3.8, 4) is 0 Å². The lowest BCUT2D eigenvalue weighted by Crippen LogP contribution is -2.45. The van der Waals surface area contributed by atoms with Gasteiger partial charge < -0.3 is 19.7 Å². The number of hydrogen-bond donors (Lipinski definition) is 1. The molecule has 1 aromatic carbocycles. The largest absolute Gasteiger partial charge is 0.383 e. The first kappa shape index (κ1) is 17.9. The lowest BCUT2D eigenvalue weighted by Gasteiger charge is -2.32. The van der Waals surface area contributed by atoms with Crippen LogP contribution >= 0.6 is 0 Å². The highest BCUT2D eigenvalue weighted by atomic mass is 16.5. The molecule has 0 unspecified atom stereocenters. The van der Waals surface area contributed by atoms with Crippen molar-refractivity contribution < 1.29 is 14.3 Å². The molecule has 128 valence electrons. The molecule has 23 heavy (non-hydrogen) atoms. The highest BCUT2D eigenvalue weighted by molar-refractivity contribution is 5.94. The zero-order valence-corrected chi connectivity index (χ0v) is 14.2. The van der Waals surface area contributed by atoms with E-state index in [1.807, 2.05) is 31.2 Å². The molecule has 1 aliphatic heterocycles. The van der Waals surface area contributed by atoms with Crippen molar-refractivity contribution in [1.29, 1.82) is 0 Å². The Labute approximate surface area is 139 Å². The van der Waals surface area contributed by atoms with E-state index < -0.39 is 0 Å². The fraction of sp³-hybridized carbons (Fsp3) is 0.611. The van der Waals surface area contributed by atoms with E-state index in [1.54, 1.807) is 7.11 Å². The first-order chi connectivity index (χ1) is 11.2. The van der Waals surface area contributed by atoms with E-state index in [4.69, 9.17) is 9.47 Å². The summed E-state index contributed by atoms with van der Waals surface area (Å²) in [5, 5.41) is 3.15. The molecule has 2 rings (SSSR count). The molecule has 1 N–H and O–H groups in total. The standard InChI is InChI=1S/C18H28N2O3/c1-3-23-14-15-4-6-16(7-5-15)18(21)19-17-8-10-20(11-9-17)12-13-22-2/h4-7,17H,3,8-14H2,1-2H3,(H,19,21). The summed E-state index contributed by atoms with van der Waals surface area (Å²) in [5.74, 6) is 0.0169. The van der Waals surface area contributed by atoms with Gasteiger partial charge in [0, 0.05) is 45.0 Å². The van der Waals surface area contributed by atoms with Gasteiger partial charge in [-0.25, -0.2) is 0 Å². The van der Waals surface area contributed by atoms with Gasteiger partial charge in [-0.15, -0.1) is 0 Å². The zero-order chi connectivity index (χ0) is 16.5. The number of nitrogens with zero attached hydrogens (tertiary/aromatic N) is 1. The number of methoxy groups -OCH3 is 1. The van der Waals surface area contributed by atoms with Gasteiger partial charge >= 0.3 is 0 Å². The number of amides is 1. The fourth-order valence-electron chi connectivity index (χ4n) is 2.76. The van der Waals surface area contributed by atoms with E-state index in [2.05, 4.69) is 10.2 Å². The van der Waals surface area contributed by atoms with Gasteiger partial charge in [0.1, 0.15) is 0 Å². The minimum atomic E-state index is 0.0169. The number of hydrogen-bond acceptors (Lipinski definition) is 4. The highest BCUT2D eigenvalue weighted by Crippen LogP contribution is 2.12. The lowest BCUT2D eigenvalue weighted by atomic mass is 10.0. The third-order valence-electron chi connectivity index (χ3n) is 4.22. The van der Waals surface area contributed by atoms with Crippen molar-refractivity contribution in [3.05, 3.63) is 35.4 Å². The Bertz CT molecular complexity index is 468. The van der Waals surface area contributed by atoms with Crippen LogP contribution in [-0.2, 0) is 16.1 Å². The summed E-state index contributed by atoms with van der Waals surface area (Å²) in [6, 6.07) is 7.93. The molecular formula is C18H28N2O3. The number of carbonyl (C=O) groups is 1. The van der Waals surface area contributed by atoms with Crippen molar-refractivity contribution >= 4 is 5.91 Å². The Balaban J connectivity index is 1.76. The number of carbonyl (C=O) groups excluding carboxylic acids is 1. The lowest BCUT2D eigenvalue weighted by molar-refractivity contribution is 0.0892. The molecule has 0 aliphatic carbocycles. The molecule has 1 fully saturated rings. The summed E-state index contributed by atoms with van der Waals surface area (Å²) in [6.07, 6.45) is 2.00. The number of rotatable bonds is 8. The van der Waals surface area contributed by atoms with Gasteiger partial charge in [0.05, 0.1) is 13.2 Å². The van der Waals surface area contributed by atoms with Crippen LogP contribution in [0.25, 0.3) is 0 Å². The molecule has 0 bridgehead atoms. The zero-order valence-electron chi connectivity index (χ0n) is 14.2. The second-order valence-corrected chi connectivity index (χ2v) is 5.92. The van der Waals surface area contributed by atoms with Crippen LogP contribution in [0.3, 0.4) is 0 Å². The van der Waals surface area contributed by atoms with E-state index in [0.717, 1.165) is 44.6 Å². The Morgan fingerprint density at radius 2 is 1.96 bits per heavy atom. The van der Waals surface area contributed by atoms with Crippen LogP contribution in [0, 0.1) is 0 Å². The molecule has 0 atom stereocenters. The van der Waals surface area contributed by atoms with E-state index >= 15 is 0 Å². The first-order valence-corrected chi connectivity index (χ1v) is 8.41. The average Bonchev–Trinajstić information content (AvgIpc) is 2.59. The molecule has 5 heteroatoms. The van der Waals surface area contributed by atoms with Crippen LogP contribution < -0.4 is 5.32 Å². The molecule has 0 radical (unpaired) electrons. The van der Waals surface area contributed by atoms with E-state index in [1.165, 1.54) is 0 Å². The molecular weight excluding hydrogens is 292 g/mol. The summed E-state index contributed by atoms with van der Waals surface area (Å²) >= 11 is 0. The second kappa shape index (κ2) is 9.65. The summed E-state index contributed by atoms with van der Waals surface area (Å²) in [5.41, 5.74) is 1.81. The van der Waals surface area contributed by atoms with Crippen molar-refractivity contribution in [2.45, 2.75) is 32.4 Å². The first-order valence-electron chi connectivity index (χ1n) is 8.41. The molecule has 5 nitrogen and oxygen atoms in total. The molecule has 0 aromatic heterocycles. The fourth-order valence-corrected chi connectivity index (χ4v) is 2.76. The predicted molar refractivity (Wildman–Crippen MR) is 90.6 cm³/mol. The summed E-state index contributed by atoms with van der Waals surface area (Å²) < 4.78 is 10.5. The van der Waals surface area contributed by atoms with Gasteiger partial charge in [0.15, 0.2) is 0 Å². The van der Waals surface area contributed by atoms with E-state index in [0.29, 0.717) is 18.8 Å². The molecule has 1 heterocycles. The van der Waals surface area contributed by atoms with Gasteiger partial charge in [0.25, 0.3) is 5.91 Å². The van der Waals surface area contributed by atoms with Crippen LogP contribution in [0.4, 0.5) is 0 Å². The molecule has 1 saturated heterocycles. The van der Waals surface area contributed by atoms with Crippen LogP contribution in [0.15, 0.2) is 24.3 Å². The number of nitrogens with one attached hydrogen (secondary N) is 1. The Morgan fingerprint density at radius 3 is 2.57 bits per heavy atom. The molecule has 0 spiro atoms. The summed E-state index contributed by atoms with van der Waals surface area (Å²) in [4.78, 5) is 14.7. The number of benzene rings is 1. The third kappa shape index (κ3) is 5.94. The topological polar surface area (TPSA) is 50.8 Å². The van der Waals surface area contributed by atoms with Crippen LogP contribution in [-0.4, -0.2) is 56.8 Å². The number of ether oxygens (including phenoxy) is 2.